The molecule has 2 rings (SSSR count). The molecular weight excluding hydrogens is 303 g/mol. The van der Waals surface area contributed by atoms with Crippen LogP contribution in [0.3, 0.4) is 0 Å². The molecule has 2 N–H and O–H groups in total. The van der Waals surface area contributed by atoms with Crippen molar-refractivity contribution in [2.45, 2.75) is 39.2 Å². The van der Waals surface area contributed by atoms with Gasteiger partial charge in [-0.05, 0) is 55.8 Å². The molecule has 1 aliphatic heterocycles. The summed E-state index contributed by atoms with van der Waals surface area (Å²) in [6.07, 6.45) is 3.79. The summed E-state index contributed by atoms with van der Waals surface area (Å²) in [4.78, 5) is 2.49. The van der Waals surface area contributed by atoms with Crippen LogP contribution in [0.1, 0.15) is 44.7 Å². The van der Waals surface area contributed by atoms with Gasteiger partial charge in [0.2, 0.25) is 0 Å². The van der Waals surface area contributed by atoms with E-state index in [0.29, 0.717) is 16.6 Å². The summed E-state index contributed by atoms with van der Waals surface area (Å²) in [5.74, 6) is 1.58. The van der Waals surface area contributed by atoms with Gasteiger partial charge in [-0.15, -0.1) is 0 Å². The Morgan fingerprint density at radius 2 is 2.00 bits per heavy atom. The fourth-order valence-corrected chi connectivity index (χ4v) is 3.81. The second-order valence-electron chi connectivity index (χ2n) is 6.37. The standard InChI is InChI=1S/C17H26Cl2N2/c1-12(2)13-5-4-9-21(10-8-13)16(11-20)14-6-3-7-15(18)17(14)19/h3,6-7,12-13,16H,4-5,8-11,20H2,1-2H3. The lowest BCUT2D eigenvalue weighted by Crippen LogP contribution is -2.35. The van der Waals surface area contributed by atoms with E-state index in [4.69, 9.17) is 28.9 Å². The van der Waals surface area contributed by atoms with Gasteiger partial charge in [0.05, 0.1) is 10.0 Å². The minimum atomic E-state index is 0.169. The average molecular weight is 329 g/mol. The van der Waals surface area contributed by atoms with Gasteiger partial charge in [0.15, 0.2) is 0 Å². The minimum Gasteiger partial charge on any atom is -0.329 e. The van der Waals surface area contributed by atoms with Crippen LogP contribution in [-0.2, 0) is 0 Å². The molecule has 1 aromatic carbocycles. The van der Waals surface area contributed by atoms with E-state index < -0.39 is 0 Å². The third-order valence-corrected chi connectivity index (χ3v) is 5.59. The fourth-order valence-electron chi connectivity index (χ4n) is 3.37. The van der Waals surface area contributed by atoms with Crippen LogP contribution in [0.15, 0.2) is 18.2 Å². The highest BCUT2D eigenvalue weighted by Gasteiger charge is 2.26. The zero-order valence-electron chi connectivity index (χ0n) is 13.0. The molecule has 0 aromatic heterocycles. The highest BCUT2D eigenvalue weighted by molar-refractivity contribution is 6.42. The first-order valence-corrected chi connectivity index (χ1v) is 8.68. The number of nitrogens with zero attached hydrogens (tertiary/aromatic N) is 1. The predicted molar refractivity (Wildman–Crippen MR) is 92.0 cm³/mol. The van der Waals surface area contributed by atoms with E-state index >= 15 is 0 Å². The lowest BCUT2D eigenvalue weighted by Gasteiger charge is -2.31. The van der Waals surface area contributed by atoms with Crippen molar-refractivity contribution in [3.8, 4) is 0 Å². The van der Waals surface area contributed by atoms with Gasteiger partial charge in [-0.25, -0.2) is 0 Å². The number of nitrogens with two attached hydrogens (primary N) is 1. The Labute approximate surface area is 138 Å². The number of benzene rings is 1. The smallest absolute Gasteiger partial charge is 0.0640 e. The zero-order chi connectivity index (χ0) is 15.4. The van der Waals surface area contributed by atoms with E-state index in [0.717, 1.165) is 30.5 Å². The molecule has 0 aliphatic carbocycles. The largest absolute Gasteiger partial charge is 0.329 e. The number of likely N-dealkylation sites (tertiary alicyclic amines) is 1. The van der Waals surface area contributed by atoms with Crippen molar-refractivity contribution in [3.05, 3.63) is 33.8 Å². The highest BCUT2D eigenvalue weighted by atomic mass is 35.5. The number of rotatable bonds is 4. The van der Waals surface area contributed by atoms with Crippen LogP contribution in [0, 0.1) is 11.8 Å². The van der Waals surface area contributed by atoms with Crippen molar-refractivity contribution in [2.75, 3.05) is 19.6 Å². The van der Waals surface area contributed by atoms with Gasteiger partial charge < -0.3 is 5.73 Å². The summed E-state index contributed by atoms with van der Waals surface area (Å²) in [5, 5.41) is 1.27. The molecular formula is C17H26Cl2N2. The average Bonchev–Trinajstić information content (AvgIpc) is 2.70. The SMILES string of the molecule is CC(C)C1CCCN(C(CN)c2cccc(Cl)c2Cl)CC1. The molecule has 1 heterocycles. The number of hydrogen-bond donors (Lipinski definition) is 1. The molecule has 2 unspecified atom stereocenters. The van der Waals surface area contributed by atoms with Crippen LogP contribution in [0.2, 0.25) is 10.0 Å². The molecule has 21 heavy (non-hydrogen) atoms. The Kier molecular flexibility index (Phi) is 6.36. The Morgan fingerprint density at radius 3 is 2.67 bits per heavy atom. The summed E-state index contributed by atoms with van der Waals surface area (Å²) in [7, 11) is 0. The van der Waals surface area contributed by atoms with E-state index in [9.17, 15) is 0 Å². The summed E-state index contributed by atoms with van der Waals surface area (Å²) in [5.41, 5.74) is 7.12. The molecule has 1 saturated heterocycles. The molecule has 2 atom stereocenters. The lowest BCUT2D eigenvalue weighted by atomic mass is 9.89. The quantitative estimate of drug-likeness (QED) is 0.863. The Hall–Kier alpha value is -0.280. The van der Waals surface area contributed by atoms with E-state index in [1.807, 2.05) is 12.1 Å². The lowest BCUT2D eigenvalue weighted by molar-refractivity contribution is 0.204. The molecule has 118 valence electrons. The maximum Gasteiger partial charge on any atom is 0.0640 e. The van der Waals surface area contributed by atoms with Crippen LogP contribution in [0.4, 0.5) is 0 Å². The van der Waals surface area contributed by atoms with Gasteiger partial charge in [0.1, 0.15) is 0 Å². The van der Waals surface area contributed by atoms with Crippen LogP contribution < -0.4 is 5.73 Å². The minimum absolute atomic E-state index is 0.169. The molecule has 4 heteroatoms. The van der Waals surface area contributed by atoms with Gasteiger partial charge in [-0.3, -0.25) is 4.90 Å². The number of hydrogen-bond acceptors (Lipinski definition) is 2. The summed E-state index contributed by atoms with van der Waals surface area (Å²) in [6.45, 7) is 7.41. The Morgan fingerprint density at radius 1 is 1.24 bits per heavy atom. The van der Waals surface area contributed by atoms with Gasteiger partial charge in [-0.1, -0.05) is 49.2 Å². The molecule has 0 amide bonds. The molecule has 0 bridgehead atoms. The third-order valence-electron chi connectivity index (χ3n) is 4.75. The first-order valence-electron chi connectivity index (χ1n) is 7.92. The van der Waals surface area contributed by atoms with E-state index in [1.165, 1.54) is 19.3 Å². The normalized spacial score (nSPS) is 22.3. The molecule has 1 aliphatic rings. The molecule has 1 aromatic rings. The van der Waals surface area contributed by atoms with Crippen molar-refractivity contribution in [1.82, 2.24) is 4.90 Å². The predicted octanol–water partition coefficient (Wildman–Crippen LogP) is 4.75. The number of halogens is 2. The second-order valence-corrected chi connectivity index (χ2v) is 7.15. The molecule has 0 spiro atoms. The van der Waals surface area contributed by atoms with Gasteiger partial charge >= 0.3 is 0 Å². The molecule has 2 nitrogen and oxygen atoms in total. The van der Waals surface area contributed by atoms with Crippen molar-refractivity contribution in [1.29, 1.82) is 0 Å². The molecule has 0 radical (unpaired) electrons. The molecule has 0 saturated carbocycles. The monoisotopic (exact) mass is 328 g/mol. The van der Waals surface area contributed by atoms with Crippen molar-refractivity contribution < 1.29 is 0 Å². The van der Waals surface area contributed by atoms with Gasteiger partial charge in [0.25, 0.3) is 0 Å². The first-order chi connectivity index (χ1) is 10.0. The van der Waals surface area contributed by atoms with Crippen LogP contribution >= 0.6 is 23.2 Å². The van der Waals surface area contributed by atoms with Crippen molar-refractivity contribution in [2.24, 2.45) is 17.6 Å². The van der Waals surface area contributed by atoms with Crippen LogP contribution in [0.25, 0.3) is 0 Å². The third kappa shape index (κ3) is 4.13. The summed E-state index contributed by atoms with van der Waals surface area (Å²) < 4.78 is 0. The highest BCUT2D eigenvalue weighted by Crippen LogP contribution is 2.34. The maximum absolute atomic E-state index is 6.39. The van der Waals surface area contributed by atoms with Gasteiger partial charge in [-0.2, -0.15) is 0 Å². The van der Waals surface area contributed by atoms with E-state index in [2.05, 4.69) is 24.8 Å². The Bertz CT molecular complexity index is 462. The van der Waals surface area contributed by atoms with Crippen molar-refractivity contribution >= 4 is 23.2 Å². The van der Waals surface area contributed by atoms with Gasteiger partial charge in [0, 0.05) is 12.6 Å². The Balaban J connectivity index is 2.16. The maximum atomic E-state index is 6.39. The van der Waals surface area contributed by atoms with Crippen LogP contribution in [-0.4, -0.2) is 24.5 Å². The van der Waals surface area contributed by atoms with E-state index in [1.54, 1.807) is 0 Å². The van der Waals surface area contributed by atoms with E-state index in [-0.39, 0.29) is 6.04 Å². The molecule has 1 fully saturated rings. The fraction of sp³-hybridized carbons (Fsp3) is 0.647. The first kappa shape index (κ1) is 17.1. The zero-order valence-corrected chi connectivity index (χ0v) is 14.5. The topological polar surface area (TPSA) is 29.3 Å². The van der Waals surface area contributed by atoms with Crippen LogP contribution in [0.5, 0.6) is 0 Å². The van der Waals surface area contributed by atoms with Crippen molar-refractivity contribution in [3.63, 3.8) is 0 Å². The summed E-state index contributed by atoms with van der Waals surface area (Å²) >= 11 is 12.6. The second kappa shape index (κ2) is 7.82. The summed E-state index contributed by atoms with van der Waals surface area (Å²) in [6, 6.07) is 6.01.